The number of rotatable bonds is 5. The van der Waals surface area contributed by atoms with Crippen LogP contribution in [0.25, 0.3) is 0 Å². The second-order valence-electron chi connectivity index (χ2n) is 6.44. The molecule has 1 aromatic heterocycles. The highest BCUT2D eigenvalue weighted by molar-refractivity contribution is 5.79. The summed E-state index contributed by atoms with van der Waals surface area (Å²) < 4.78 is 1.97. The van der Waals surface area contributed by atoms with Crippen LogP contribution in [-0.4, -0.2) is 71.9 Å². The van der Waals surface area contributed by atoms with Gasteiger partial charge < -0.3 is 10.2 Å². The fraction of sp³-hybridized carbons (Fsp3) is 0.750. The smallest absolute Gasteiger partial charge is 0.193 e. The molecule has 1 aliphatic rings. The Bertz CT molecular complexity index is 471. The van der Waals surface area contributed by atoms with Gasteiger partial charge in [0.2, 0.25) is 0 Å². The third kappa shape index (κ3) is 5.02. The van der Waals surface area contributed by atoms with E-state index < -0.39 is 0 Å². The third-order valence-corrected chi connectivity index (χ3v) is 3.89. The molecule has 22 heavy (non-hydrogen) atoms. The van der Waals surface area contributed by atoms with E-state index in [0.717, 1.165) is 51.1 Å². The van der Waals surface area contributed by atoms with Crippen molar-refractivity contribution in [2.45, 2.75) is 27.3 Å². The molecular weight excluding hydrogens is 276 g/mol. The SMILES string of the molecule is CN=C(NCCn1cc(C)cn1)N1CCN(CC(C)C)CC1. The molecule has 2 rings (SSSR count). The number of hydrogen-bond donors (Lipinski definition) is 1. The minimum atomic E-state index is 0.738. The third-order valence-electron chi connectivity index (χ3n) is 3.89. The van der Waals surface area contributed by atoms with Crippen LogP contribution in [0.15, 0.2) is 17.4 Å². The van der Waals surface area contributed by atoms with Gasteiger partial charge in [-0.1, -0.05) is 13.8 Å². The molecule has 2 heterocycles. The number of piperazine rings is 1. The lowest BCUT2D eigenvalue weighted by molar-refractivity contribution is 0.164. The number of aryl methyl sites for hydroxylation is 1. The average Bonchev–Trinajstić information content (AvgIpc) is 2.90. The van der Waals surface area contributed by atoms with Gasteiger partial charge >= 0.3 is 0 Å². The van der Waals surface area contributed by atoms with Crippen LogP contribution in [-0.2, 0) is 6.54 Å². The molecule has 6 heteroatoms. The van der Waals surface area contributed by atoms with E-state index in [4.69, 9.17) is 0 Å². The van der Waals surface area contributed by atoms with E-state index in [0.29, 0.717) is 0 Å². The molecule has 1 fully saturated rings. The van der Waals surface area contributed by atoms with E-state index in [2.05, 4.69) is 52.2 Å². The van der Waals surface area contributed by atoms with Crippen molar-refractivity contribution in [2.24, 2.45) is 10.9 Å². The first kappa shape index (κ1) is 16.8. The number of aromatic nitrogens is 2. The lowest BCUT2D eigenvalue weighted by Gasteiger charge is -2.37. The Morgan fingerprint density at radius 2 is 2.05 bits per heavy atom. The van der Waals surface area contributed by atoms with Gasteiger partial charge in [-0.2, -0.15) is 5.10 Å². The minimum absolute atomic E-state index is 0.738. The van der Waals surface area contributed by atoms with Crippen molar-refractivity contribution in [3.63, 3.8) is 0 Å². The van der Waals surface area contributed by atoms with Crippen molar-refractivity contribution in [3.05, 3.63) is 18.0 Å². The molecule has 0 unspecified atom stereocenters. The molecule has 0 amide bonds. The van der Waals surface area contributed by atoms with Gasteiger partial charge in [0.15, 0.2) is 5.96 Å². The van der Waals surface area contributed by atoms with Gasteiger partial charge in [-0.05, 0) is 18.4 Å². The Morgan fingerprint density at radius 1 is 1.32 bits per heavy atom. The molecule has 1 aromatic rings. The second-order valence-corrected chi connectivity index (χ2v) is 6.44. The average molecular weight is 306 g/mol. The summed E-state index contributed by atoms with van der Waals surface area (Å²) in [5.41, 5.74) is 1.20. The number of guanidine groups is 1. The normalized spacial score (nSPS) is 17.3. The lowest BCUT2D eigenvalue weighted by atomic mass is 10.2. The zero-order chi connectivity index (χ0) is 15.9. The van der Waals surface area contributed by atoms with E-state index in [-0.39, 0.29) is 0 Å². The van der Waals surface area contributed by atoms with Gasteiger partial charge in [0.25, 0.3) is 0 Å². The van der Waals surface area contributed by atoms with Gasteiger partial charge in [0, 0.05) is 52.5 Å². The molecule has 1 N–H and O–H groups in total. The molecule has 0 aromatic carbocycles. The van der Waals surface area contributed by atoms with E-state index in [9.17, 15) is 0 Å². The summed E-state index contributed by atoms with van der Waals surface area (Å²) in [5, 5.41) is 7.75. The summed E-state index contributed by atoms with van der Waals surface area (Å²) in [7, 11) is 1.86. The molecule has 1 saturated heterocycles. The molecule has 0 atom stereocenters. The van der Waals surface area contributed by atoms with Crippen molar-refractivity contribution in [1.29, 1.82) is 0 Å². The molecule has 0 radical (unpaired) electrons. The van der Waals surface area contributed by atoms with Crippen molar-refractivity contribution in [2.75, 3.05) is 46.3 Å². The largest absolute Gasteiger partial charge is 0.354 e. The van der Waals surface area contributed by atoms with Crippen molar-refractivity contribution < 1.29 is 0 Å². The summed E-state index contributed by atoms with van der Waals surface area (Å²) in [5.74, 6) is 1.74. The van der Waals surface area contributed by atoms with Crippen LogP contribution in [0.1, 0.15) is 19.4 Å². The highest BCUT2D eigenvalue weighted by Crippen LogP contribution is 2.05. The number of hydrogen-bond acceptors (Lipinski definition) is 3. The molecule has 124 valence electrons. The molecular formula is C16H30N6. The number of aliphatic imine (C=N–C) groups is 1. The maximum absolute atomic E-state index is 4.42. The van der Waals surface area contributed by atoms with Gasteiger partial charge in [-0.3, -0.25) is 14.6 Å². The topological polar surface area (TPSA) is 48.7 Å². The summed E-state index contributed by atoms with van der Waals surface area (Å²) in [4.78, 5) is 9.31. The zero-order valence-electron chi connectivity index (χ0n) is 14.4. The fourth-order valence-electron chi connectivity index (χ4n) is 2.86. The van der Waals surface area contributed by atoms with Crippen molar-refractivity contribution in [3.8, 4) is 0 Å². The maximum atomic E-state index is 4.42. The zero-order valence-corrected chi connectivity index (χ0v) is 14.4. The lowest BCUT2D eigenvalue weighted by Crippen LogP contribution is -2.53. The molecule has 6 nitrogen and oxygen atoms in total. The Morgan fingerprint density at radius 3 is 2.59 bits per heavy atom. The van der Waals surface area contributed by atoms with Crippen molar-refractivity contribution >= 4 is 5.96 Å². The van der Waals surface area contributed by atoms with Gasteiger partial charge in [0.05, 0.1) is 12.7 Å². The van der Waals surface area contributed by atoms with E-state index >= 15 is 0 Å². The van der Waals surface area contributed by atoms with E-state index in [1.54, 1.807) is 0 Å². The first-order valence-corrected chi connectivity index (χ1v) is 8.25. The second kappa shape index (κ2) is 8.17. The fourth-order valence-corrected chi connectivity index (χ4v) is 2.86. The van der Waals surface area contributed by atoms with E-state index in [1.165, 1.54) is 12.1 Å². The predicted molar refractivity (Wildman–Crippen MR) is 91.2 cm³/mol. The van der Waals surface area contributed by atoms with Gasteiger partial charge in [0.1, 0.15) is 0 Å². The van der Waals surface area contributed by atoms with Crippen LogP contribution in [0.2, 0.25) is 0 Å². The minimum Gasteiger partial charge on any atom is -0.354 e. The van der Waals surface area contributed by atoms with Crippen LogP contribution < -0.4 is 5.32 Å². The first-order chi connectivity index (χ1) is 10.6. The van der Waals surface area contributed by atoms with Crippen LogP contribution in [0.4, 0.5) is 0 Å². The molecule has 0 spiro atoms. The quantitative estimate of drug-likeness (QED) is 0.652. The molecule has 0 bridgehead atoms. The molecule has 0 saturated carbocycles. The van der Waals surface area contributed by atoms with Gasteiger partial charge in [-0.15, -0.1) is 0 Å². The highest BCUT2D eigenvalue weighted by Gasteiger charge is 2.19. The Balaban J connectivity index is 1.73. The highest BCUT2D eigenvalue weighted by atomic mass is 15.4. The predicted octanol–water partition coefficient (Wildman–Crippen LogP) is 1.04. The Labute approximate surface area is 134 Å². The standard InChI is InChI=1S/C16H30N6/c1-14(2)12-20-7-9-21(10-8-20)16(17-4)18-5-6-22-13-15(3)11-19-22/h11,13-14H,5-10,12H2,1-4H3,(H,17,18). The number of nitrogens with one attached hydrogen (secondary N) is 1. The van der Waals surface area contributed by atoms with E-state index in [1.807, 2.05) is 17.9 Å². The van der Waals surface area contributed by atoms with Crippen LogP contribution in [0, 0.1) is 12.8 Å². The van der Waals surface area contributed by atoms with Crippen LogP contribution in [0.5, 0.6) is 0 Å². The Hall–Kier alpha value is -1.56. The maximum Gasteiger partial charge on any atom is 0.193 e. The van der Waals surface area contributed by atoms with Crippen LogP contribution in [0.3, 0.4) is 0 Å². The van der Waals surface area contributed by atoms with Crippen LogP contribution >= 0.6 is 0 Å². The monoisotopic (exact) mass is 306 g/mol. The summed E-state index contributed by atoms with van der Waals surface area (Å²) in [6.45, 7) is 13.9. The summed E-state index contributed by atoms with van der Waals surface area (Å²) >= 11 is 0. The molecule has 0 aliphatic carbocycles. The first-order valence-electron chi connectivity index (χ1n) is 8.25. The Kier molecular flexibility index (Phi) is 6.24. The summed E-state index contributed by atoms with van der Waals surface area (Å²) in [6.07, 6.45) is 3.96. The summed E-state index contributed by atoms with van der Waals surface area (Å²) in [6, 6.07) is 0. The molecule has 1 aliphatic heterocycles. The van der Waals surface area contributed by atoms with Gasteiger partial charge in [-0.25, -0.2) is 0 Å². The number of nitrogens with zero attached hydrogens (tertiary/aromatic N) is 5. The van der Waals surface area contributed by atoms with Crippen molar-refractivity contribution in [1.82, 2.24) is 24.9 Å².